The number of ether oxygens (including phenoxy) is 1. The number of hydrogen-bond acceptors (Lipinski definition) is 4. The molecule has 0 aliphatic carbocycles. The monoisotopic (exact) mass is 542 g/mol. The van der Waals surface area contributed by atoms with Crippen molar-refractivity contribution in [3.05, 3.63) is 35.9 Å². The summed E-state index contributed by atoms with van der Waals surface area (Å²) in [7, 11) is 3.13. The summed E-state index contributed by atoms with van der Waals surface area (Å²) in [5, 5.41) is 3.19. The van der Waals surface area contributed by atoms with E-state index in [-0.39, 0.29) is 54.2 Å². The zero-order valence-electron chi connectivity index (χ0n) is 18.8. The first-order chi connectivity index (χ1) is 14.5. The van der Waals surface area contributed by atoms with Gasteiger partial charge in [-0.1, -0.05) is 37.3 Å². The molecule has 2 unspecified atom stereocenters. The maximum absolute atomic E-state index is 12.7. The number of amides is 1. The van der Waals surface area contributed by atoms with Crippen LogP contribution in [0, 0.1) is 17.8 Å². The third kappa shape index (κ3) is 6.82. The molecule has 2 saturated heterocycles. The summed E-state index contributed by atoms with van der Waals surface area (Å²) in [5.41, 5.74) is 1.37. The molecule has 0 aromatic heterocycles. The fraction of sp³-hybridized carbons (Fsp3) is 0.609. The Morgan fingerprint density at radius 2 is 1.81 bits per heavy atom. The topological polar surface area (TPSA) is 74.2 Å². The van der Waals surface area contributed by atoms with E-state index in [4.69, 9.17) is 4.74 Å². The number of halogens is 1. The molecule has 0 bridgehead atoms. The molecule has 0 radical (unpaired) electrons. The Labute approximate surface area is 202 Å². The minimum Gasteiger partial charge on any atom is -0.469 e. The van der Waals surface area contributed by atoms with E-state index < -0.39 is 0 Å². The molecular weight excluding hydrogens is 507 g/mol. The lowest BCUT2D eigenvalue weighted by Gasteiger charge is -2.32. The van der Waals surface area contributed by atoms with E-state index in [1.807, 2.05) is 22.8 Å². The average Bonchev–Trinajstić information content (AvgIpc) is 3.16. The van der Waals surface area contributed by atoms with Gasteiger partial charge in [0, 0.05) is 33.2 Å². The quantitative estimate of drug-likeness (QED) is 0.268. The van der Waals surface area contributed by atoms with Gasteiger partial charge in [-0.2, -0.15) is 0 Å². The molecule has 0 spiro atoms. The molecule has 172 valence electrons. The normalized spacial score (nSPS) is 22.1. The first-order valence-electron chi connectivity index (χ1n) is 10.9. The van der Waals surface area contributed by atoms with E-state index >= 15 is 0 Å². The number of esters is 1. The number of rotatable bonds is 5. The number of carbonyl (C=O) groups is 2. The highest BCUT2D eigenvalue weighted by atomic mass is 127. The average molecular weight is 542 g/mol. The van der Waals surface area contributed by atoms with Crippen molar-refractivity contribution in [2.75, 3.05) is 46.9 Å². The molecule has 2 aliphatic heterocycles. The highest BCUT2D eigenvalue weighted by molar-refractivity contribution is 14.0. The standard InChI is InChI=1S/C23H34N4O3.HI/c1-17-15-27(16-20(17)22(29)30-3)23(24-2)25-14-21(28)26-11-9-19(10-12-26)13-18-7-5-4-6-8-18;/h4-8,17,19-20H,9-16H2,1-3H3,(H,24,25);1H. The fourth-order valence-electron chi connectivity index (χ4n) is 4.53. The van der Waals surface area contributed by atoms with Crippen molar-refractivity contribution >= 4 is 41.8 Å². The SMILES string of the molecule is CN=C(NCC(=O)N1CCC(Cc2ccccc2)CC1)N1CC(C)C(C(=O)OC)C1.I. The molecule has 31 heavy (non-hydrogen) atoms. The molecule has 2 aliphatic rings. The van der Waals surface area contributed by atoms with E-state index in [1.54, 1.807) is 7.05 Å². The van der Waals surface area contributed by atoms with Gasteiger partial charge in [0.1, 0.15) is 0 Å². The van der Waals surface area contributed by atoms with Crippen molar-refractivity contribution in [2.45, 2.75) is 26.2 Å². The van der Waals surface area contributed by atoms with E-state index in [2.05, 4.69) is 34.6 Å². The Hall–Kier alpha value is -1.84. The molecule has 2 fully saturated rings. The van der Waals surface area contributed by atoms with E-state index in [0.717, 1.165) is 38.9 Å². The number of methoxy groups -OCH3 is 1. The number of piperidine rings is 1. The lowest BCUT2D eigenvalue weighted by molar-refractivity contribution is -0.146. The number of aliphatic imine (C=N–C) groups is 1. The van der Waals surface area contributed by atoms with Gasteiger partial charge < -0.3 is 19.9 Å². The molecule has 8 heteroatoms. The van der Waals surface area contributed by atoms with Crippen LogP contribution in [-0.2, 0) is 20.7 Å². The fourth-order valence-corrected chi connectivity index (χ4v) is 4.53. The Morgan fingerprint density at radius 1 is 1.13 bits per heavy atom. The number of nitrogens with one attached hydrogen (secondary N) is 1. The smallest absolute Gasteiger partial charge is 0.310 e. The second kappa shape index (κ2) is 12.3. The Bertz CT molecular complexity index is 750. The van der Waals surface area contributed by atoms with Crippen LogP contribution in [0.2, 0.25) is 0 Å². The molecule has 1 amide bonds. The number of likely N-dealkylation sites (tertiary alicyclic amines) is 2. The number of benzene rings is 1. The van der Waals surface area contributed by atoms with Gasteiger partial charge in [0.15, 0.2) is 5.96 Å². The molecule has 2 atom stereocenters. The van der Waals surface area contributed by atoms with Crippen LogP contribution in [0.4, 0.5) is 0 Å². The Balaban J connectivity index is 0.00000341. The van der Waals surface area contributed by atoms with Crippen molar-refractivity contribution in [2.24, 2.45) is 22.7 Å². The second-order valence-corrected chi connectivity index (χ2v) is 8.43. The van der Waals surface area contributed by atoms with Crippen LogP contribution in [0.5, 0.6) is 0 Å². The van der Waals surface area contributed by atoms with Crippen LogP contribution < -0.4 is 5.32 Å². The third-order valence-electron chi connectivity index (χ3n) is 6.36. The predicted molar refractivity (Wildman–Crippen MR) is 132 cm³/mol. The van der Waals surface area contributed by atoms with E-state index in [9.17, 15) is 9.59 Å². The third-order valence-corrected chi connectivity index (χ3v) is 6.36. The summed E-state index contributed by atoms with van der Waals surface area (Å²) < 4.78 is 4.90. The van der Waals surface area contributed by atoms with Gasteiger partial charge in [-0.15, -0.1) is 24.0 Å². The van der Waals surface area contributed by atoms with E-state index in [0.29, 0.717) is 18.4 Å². The maximum atomic E-state index is 12.7. The van der Waals surface area contributed by atoms with Crippen molar-refractivity contribution in [3.8, 4) is 0 Å². The minimum absolute atomic E-state index is 0. The maximum Gasteiger partial charge on any atom is 0.310 e. The number of hydrogen-bond donors (Lipinski definition) is 1. The predicted octanol–water partition coefficient (Wildman–Crippen LogP) is 2.40. The van der Waals surface area contributed by atoms with Crippen LogP contribution in [0.25, 0.3) is 0 Å². The van der Waals surface area contributed by atoms with Crippen molar-refractivity contribution in [1.82, 2.24) is 15.1 Å². The molecule has 0 saturated carbocycles. The second-order valence-electron chi connectivity index (χ2n) is 8.43. The molecule has 1 aromatic rings. The van der Waals surface area contributed by atoms with Crippen LogP contribution in [-0.4, -0.2) is 74.5 Å². The molecule has 2 heterocycles. The van der Waals surface area contributed by atoms with Crippen LogP contribution >= 0.6 is 24.0 Å². The Morgan fingerprint density at radius 3 is 2.42 bits per heavy atom. The summed E-state index contributed by atoms with van der Waals surface area (Å²) >= 11 is 0. The summed E-state index contributed by atoms with van der Waals surface area (Å²) in [6.07, 6.45) is 3.17. The summed E-state index contributed by atoms with van der Waals surface area (Å²) in [5.74, 6) is 1.25. The van der Waals surface area contributed by atoms with Gasteiger partial charge in [-0.05, 0) is 36.7 Å². The van der Waals surface area contributed by atoms with Gasteiger partial charge in [0.2, 0.25) is 5.91 Å². The van der Waals surface area contributed by atoms with Crippen LogP contribution in [0.3, 0.4) is 0 Å². The zero-order valence-corrected chi connectivity index (χ0v) is 21.1. The summed E-state index contributed by atoms with van der Waals surface area (Å²) in [4.78, 5) is 32.9. The largest absolute Gasteiger partial charge is 0.469 e. The molecular formula is C23H35IN4O3. The number of nitrogens with zero attached hydrogens (tertiary/aromatic N) is 3. The van der Waals surface area contributed by atoms with Gasteiger partial charge in [-0.25, -0.2) is 0 Å². The van der Waals surface area contributed by atoms with Crippen molar-refractivity contribution in [1.29, 1.82) is 0 Å². The highest BCUT2D eigenvalue weighted by Gasteiger charge is 2.37. The number of guanidine groups is 1. The molecule has 1 aromatic carbocycles. The molecule has 7 nitrogen and oxygen atoms in total. The van der Waals surface area contributed by atoms with E-state index in [1.165, 1.54) is 12.7 Å². The first kappa shape index (κ1) is 25.4. The van der Waals surface area contributed by atoms with Gasteiger partial charge in [0.25, 0.3) is 0 Å². The minimum atomic E-state index is -0.185. The van der Waals surface area contributed by atoms with Gasteiger partial charge in [-0.3, -0.25) is 14.6 Å². The molecule has 1 N–H and O–H groups in total. The molecule has 3 rings (SSSR count). The zero-order chi connectivity index (χ0) is 21.5. The number of carbonyl (C=O) groups excluding carboxylic acids is 2. The first-order valence-corrected chi connectivity index (χ1v) is 10.9. The highest BCUT2D eigenvalue weighted by Crippen LogP contribution is 2.24. The van der Waals surface area contributed by atoms with Gasteiger partial charge in [0.05, 0.1) is 19.6 Å². The summed E-state index contributed by atoms with van der Waals surface area (Å²) in [6.45, 7) is 5.16. The lowest BCUT2D eigenvalue weighted by atomic mass is 9.90. The lowest BCUT2D eigenvalue weighted by Crippen LogP contribution is -2.48. The summed E-state index contributed by atoms with van der Waals surface area (Å²) in [6, 6.07) is 10.6. The van der Waals surface area contributed by atoms with Crippen molar-refractivity contribution < 1.29 is 14.3 Å². The van der Waals surface area contributed by atoms with Crippen molar-refractivity contribution in [3.63, 3.8) is 0 Å². The van der Waals surface area contributed by atoms with Crippen LogP contribution in [0.15, 0.2) is 35.3 Å². The van der Waals surface area contributed by atoms with Crippen LogP contribution in [0.1, 0.15) is 25.3 Å². The Kier molecular flexibility index (Phi) is 10.1. The van der Waals surface area contributed by atoms with Gasteiger partial charge >= 0.3 is 5.97 Å².